The predicted octanol–water partition coefficient (Wildman–Crippen LogP) is 5.36. The summed E-state index contributed by atoms with van der Waals surface area (Å²) < 4.78 is 8.32. The lowest BCUT2D eigenvalue weighted by Gasteiger charge is -2.28. The van der Waals surface area contributed by atoms with Crippen LogP contribution >= 0.6 is 11.8 Å². The lowest BCUT2D eigenvalue weighted by atomic mass is 9.86. The van der Waals surface area contributed by atoms with Gasteiger partial charge in [0.05, 0.1) is 5.69 Å². The van der Waals surface area contributed by atoms with Crippen LogP contribution in [-0.4, -0.2) is 32.1 Å². The van der Waals surface area contributed by atoms with Gasteiger partial charge in [0.2, 0.25) is 5.88 Å². The van der Waals surface area contributed by atoms with Gasteiger partial charge in [0.1, 0.15) is 17.8 Å². The van der Waals surface area contributed by atoms with Crippen molar-refractivity contribution < 1.29 is 4.74 Å². The molecule has 0 unspecified atom stereocenters. The van der Waals surface area contributed by atoms with Crippen LogP contribution in [0.4, 0.5) is 0 Å². The number of pyridine rings is 1. The van der Waals surface area contributed by atoms with Crippen LogP contribution < -0.4 is 4.74 Å². The van der Waals surface area contributed by atoms with Crippen LogP contribution in [0.25, 0.3) is 5.69 Å². The van der Waals surface area contributed by atoms with Gasteiger partial charge >= 0.3 is 0 Å². The number of ether oxygens (including phenoxy) is 1. The van der Waals surface area contributed by atoms with Gasteiger partial charge in [-0.05, 0) is 69.0 Å². The fourth-order valence-corrected chi connectivity index (χ4v) is 4.73. The number of hydrogen-bond acceptors (Lipinski definition) is 5. The van der Waals surface area contributed by atoms with Gasteiger partial charge in [-0.3, -0.25) is 4.57 Å². The highest BCUT2D eigenvalue weighted by molar-refractivity contribution is 7.98. The average Bonchev–Trinajstić information content (AvgIpc) is 3.15. The van der Waals surface area contributed by atoms with Crippen LogP contribution in [0.1, 0.15) is 55.7 Å². The monoisotopic (exact) mass is 408 g/mol. The summed E-state index contributed by atoms with van der Waals surface area (Å²) in [7, 11) is 0. The third-order valence-corrected chi connectivity index (χ3v) is 6.47. The molecule has 0 bridgehead atoms. The normalized spacial score (nSPS) is 19.3. The summed E-state index contributed by atoms with van der Waals surface area (Å²) in [5.74, 6) is 3.15. The molecule has 1 aromatic carbocycles. The van der Waals surface area contributed by atoms with E-state index in [-0.39, 0.29) is 6.10 Å². The molecular weight excluding hydrogens is 380 g/mol. The highest BCUT2D eigenvalue weighted by Gasteiger charge is 2.28. The van der Waals surface area contributed by atoms with Gasteiger partial charge in [-0.15, -0.1) is 22.0 Å². The maximum Gasteiger partial charge on any atom is 0.213 e. The molecule has 5 nitrogen and oxygen atoms in total. The number of benzene rings is 1. The van der Waals surface area contributed by atoms with Gasteiger partial charge in [-0.25, -0.2) is 4.98 Å². The van der Waals surface area contributed by atoms with E-state index < -0.39 is 0 Å². The minimum Gasteiger partial charge on any atom is -0.474 e. The van der Waals surface area contributed by atoms with Gasteiger partial charge in [-0.1, -0.05) is 19.1 Å². The molecule has 0 amide bonds. The molecule has 2 aromatic heterocycles. The number of aromatic nitrogens is 4. The first-order valence-electron chi connectivity index (χ1n) is 10.4. The molecule has 0 spiro atoms. The molecule has 4 rings (SSSR count). The topological polar surface area (TPSA) is 52.8 Å². The van der Waals surface area contributed by atoms with Crippen molar-refractivity contribution >= 4 is 11.8 Å². The Bertz CT molecular complexity index is 949. The van der Waals surface area contributed by atoms with Gasteiger partial charge in [0, 0.05) is 23.1 Å². The second-order valence-corrected chi connectivity index (χ2v) is 8.41. The van der Waals surface area contributed by atoms with Gasteiger partial charge in [0.25, 0.3) is 0 Å². The Labute approximate surface area is 176 Å². The van der Waals surface area contributed by atoms with E-state index in [0.29, 0.717) is 5.92 Å². The summed E-state index contributed by atoms with van der Waals surface area (Å²) in [6.07, 6.45) is 9.31. The lowest BCUT2D eigenvalue weighted by Crippen LogP contribution is -2.25. The molecule has 1 aliphatic carbocycles. The van der Waals surface area contributed by atoms with E-state index in [1.54, 1.807) is 18.0 Å². The van der Waals surface area contributed by atoms with Gasteiger partial charge in [-0.2, -0.15) is 0 Å². The Morgan fingerprint density at radius 1 is 1.10 bits per heavy atom. The zero-order chi connectivity index (χ0) is 20.2. The molecule has 29 heavy (non-hydrogen) atoms. The third kappa shape index (κ3) is 4.32. The van der Waals surface area contributed by atoms with Crippen LogP contribution in [0.2, 0.25) is 0 Å². The molecule has 1 fully saturated rings. The van der Waals surface area contributed by atoms with Gasteiger partial charge in [0.15, 0.2) is 0 Å². The molecule has 0 N–H and O–H groups in total. The second kappa shape index (κ2) is 8.99. The summed E-state index contributed by atoms with van der Waals surface area (Å²) in [5, 5.41) is 9.03. The molecule has 0 aliphatic heterocycles. The van der Waals surface area contributed by atoms with E-state index in [4.69, 9.17) is 4.74 Å². The molecule has 152 valence electrons. The molecule has 1 saturated carbocycles. The fraction of sp³-hybridized carbons (Fsp3) is 0.435. The smallest absolute Gasteiger partial charge is 0.213 e. The number of thioether (sulfide) groups is 1. The largest absolute Gasteiger partial charge is 0.474 e. The van der Waals surface area contributed by atoms with Crippen molar-refractivity contribution in [1.29, 1.82) is 0 Å². The van der Waals surface area contributed by atoms with Crippen molar-refractivity contribution in [1.82, 2.24) is 19.7 Å². The Morgan fingerprint density at radius 3 is 2.62 bits per heavy atom. The summed E-state index contributed by atoms with van der Waals surface area (Å²) in [5.41, 5.74) is 2.55. The van der Waals surface area contributed by atoms with Crippen molar-refractivity contribution in [2.24, 2.45) is 0 Å². The van der Waals surface area contributed by atoms with E-state index in [1.165, 1.54) is 16.1 Å². The highest BCUT2D eigenvalue weighted by atomic mass is 32.2. The third-order valence-electron chi connectivity index (χ3n) is 5.71. The number of aryl methyl sites for hydroxylation is 2. The Morgan fingerprint density at radius 2 is 1.93 bits per heavy atom. The second-order valence-electron chi connectivity index (χ2n) is 7.56. The molecule has 1 aliphatic rings. The summed E-state index contributed by atoms with van der Waals surface area (Å²) in [6.45, 7) is 4.24. The molecule has 3 aromatic rings. The lowest BCUT2D eigenvalue weighted by molar-refractivity contribution is 0.139. The molecule has 0 atom stereocenters. The molecular formula is C23H28N4OS. The van der Waals surface area contributed by atoms with E-state index in [2.05, 4.69) is 51.1 Å². The first-order chi connectivity index (χ1) is 14.2. The maximum absolute atomic E-state index is 6.06. The van der Waals surface area contributed by atoms with Crippen LogP contribution in [0.3, 0.4) is 0 Å². The van der Waals surface area contributed by atoms with Crippen LogP contribution in [0.5, 0.6) is 5.88 Å². The Kier molecular flexibility index (Phi) is 6.19. The van der Waals surface area contributed by atoms with E-state index in [0.717, 1.165) is 49.6 Å². The van der Waals surface area contributed by atoms with E-state index in [1.807, 2.05) is 25.1 Å². The van der Waals surface area contributed by atoms with Crippen LogP contribution in [0, 0.1) is 6.92 Å². The highest BCUT2D eigenvalue weighted by Crippen LogP contribution is 2.36. The number of rotatable bonds is 6. The van der Waals surface area contributed by atoms with Crippen molar-refractivity contribution in [2.45, 2.75) is 62.9 Å². The standard InChI is InChI=1S/C23H28N4OS/c1-4-17-8-13-20(21(15-17)29-3)27-16(2)25-26-23(27)18-9-11-19(12-10-18)28-22-7-5-6-14-24-22/h5-8,13-15,18-19H,4,9-12H2,1-3H3. The van der Waals surface area contributed by atoms with Crippen molar-refractivity contribution in [3.63, 3.8) is 0 Å². The Hall–Kier alpha value is -2.34. The molecule has 6 heteroatoms. The molecule has 0 radical (unpaired) electrons. The van der Waals surface area contributed by atoms with Crippen LogP contribution in [-0.2, 0) is 6.42 Å². The zero-order valence-corrected chi connectivity index (χ0v) is 18.2. The zero-order valence-electron chi connectivity index (χ0n) is 17.3. The van der Waals surface area contributed by atoms with Crippen LogP contribution in [0.15, 0.2) is 47.5 Å². The summed E-state index contributed by atoms with van der Waals surface area (Å²) >= 11 is 1.79. The first-order valence-corrected chi connectivity index (χ1v) is 11.6. The fourth-order valence-electron chi connectivity index (χ4n) is 4.09. The van der Waals surface area contributed by atoms with Crippen molar-refractivity contribution in [2.75, 3.05) is 6.26 Å². The van der Waals surface area contributed by atoms with E-state index in [9.17, 15) is 0 Å². The van der Waals surface area contributed by atoms with Crippen molar-refractivity contribution in [3.8, 4) is 11.6 Å². The number of hydrogen-bond donors (Lipinski definition) is 0. The quantitative estimate of drug-likeness (QED) is 0.514. The molecule has 0 saturated heterocycles. The molecule has 2 heterocycles. The van der Waals surface area contributed by atoms with Gasteiger partial charge < -0.3 is 4.74 Å². The SMILES string of the molecule is CCc1ccc(-n2c(C)nnc2C2CCC(Oc3ccccn3)CC2)c(SC)c1. The maximum atomic E-state index is 6.06. The first kappa shape index (κ1) is 20.0. The average molecular weight is 409 g/mol. The summed E-state index contributed by atoms with van der Waals surface area (Å²) in [6, 6.07) is 12.5. The minimum absolute atomic E-state index is 0.226. The van der Waals surface area contributed by atoms with Crippen molar-refractivity contribution in [3.05, 3.63) is 59.8 Å². The Balaban J connectivity index is 1.53. The number of nitrogens with zero attached hydrogens (tertiary/aromatic N) is 4. The minimum atomic E-state index is 0.226. The van der Waals surface area contributed by atoms with E-state index >= 15 is 0 Å². The predicted molar refractivity (Wildman–Crippen MR) is 117 cm³/mol. The summed E-state index contributed by atoms with van der Waals surface area (Å²) in [4.78, 5) is 5.57.